The number of ether oxygens (including phenoxy) is 3. The van der Waals surface area contributed by atoms with Crippen LogP contribution in [0.1, 0.15) is 57.8 Å². The van der Waals surface area contributed by atoms with Gasteiger partial charge in [0.25, 0.3) is 0 Å². The minimum absolute atomic E-state index is 0.00412. The van der Waals surface area contributed by atoms with Crippen LogP contribution < -0.4 is 16.4 Å². The van der Waals surface area contributed by atoms with Crippen LogP contribution in [0.25, 0.3) is 5.52 Å². The lowest BCUT2D eigenvalue weighted by atomic mass is 10.0. The van der Waals surface area contributed by atoms with Crippen LogP contribution in [0.2, 0.25) is 0 Å². The fourth-order valence-corrected chi connectivity index (χ4v) is 4.55. The van der Waals surface area contributed by atoms with Crippen molar-refractivity contribution in [2.45, 2.75) is 90.4 Å². The van der Waals surface area contributed by atoms with Crippen molar-refractivity contribution < 1.29 is 28.5 Å². The maximum atomic E-state index is 14.9. The number of nitrogens with zero attached hydrogens (tertiary/aromatic N) is 5. The topological polar surface area (TPSA) is 163 Å². The normalized spacial score (nSPS) is 20.8. The summed E-state index contributed by atoms with van der Waals surface area (Å²) in [5, 5.41) is 25.4. The van der Waals surface area contributed by atoms with E-state index in [9.17, 15) is 14.3 Å². The summed E-state index contributed by atoms with van der Waals surface area (Å²) in [4.78, 5) is 16.5. The summed E-state index contributed by atoms with van der Waals surface area (Å²) in [7, 11) is 1.60. The zero-order valence-electron chi connectivity index (χ0n) is 23.5. The summed E-state index contributed by atoms with van der Waals surface area (Å²) in [6.07, 6.45) is -0.305. The van der Waals surface area contributed by atoms with E-state index in [2.05, 4.69) is 25.8 Å². The van der Waals surface area contributed by atoms with E-state index in [1.165, 1.54) is 4.68 Å². The first kappa shape index (κ1) is 29.6. The molecule has 5 atom stereocenters. The van der Waals surface area contributed by atoms with Gasteiger partial charge in [0.15, 0.2) is 12.1 Å². The van der Waals surface area contributed by atoms with Crippen LogP contribution in [0.5, 0.6) is 0 Å². The highest BCUT2D eigenvalue weighted by Crippen LogP contribution is 2.38. The molecule has 4 rings (SSSR count). The molecule has 13 nitrogen and oxygen atoms in total. The van der Waals surface area contributed by atoms with Crippen molar-refractivity contribution >= 4 is 23.2 Å². The van der Waals surface area contributed by atoms with Gasteiger partial charge in [0.1, 0.15) is 30.3 Å². The van der Waals surface area contributed by atoms with E-state index in [4.69, 9.17) is 19.9 Å². The Morgan fingerprint density at radius 3 is 2.73 bits per heavy atom. The number of halogens is 1. The molecule has 0 aromatic carbocycles. The van der Waals surface area contributed by atoms with Gasteiger partial charge >= 0.3 is 6.09 Å². The number of fused-ring (bicyclic) bond motifs is 1. The quantitative estimate of drug-likeness (QED) is 0.241. The standard InChI is InChI=1S/C26H39FN8O5/c1-14(2)23(28)25(36)39-13-35-22(31-24-20-10-17(12-38-5)32-34(20)7-6-29-24)11-19(33-35)16-8-18(27)21(9-16)40-26(37)30-15(3)4/h6-7,10-11,14-16,18,21,23,25,36H,8-9,12-13,28H2,1-5H3,(H,29,31)(H,30,37)/t16-,18+,21-,23+,25?/m1/s1. The first-order valence-electron chi connectivity index (χ1n) is 13.4. The molecule has 14 heteroatoms. The van der Waals surface area contributed by atoms with E-state index in [1.54, 1.807) is 43.9 Å². The molecular weight excluding hydrogens is 523 g/mol. The lowest BCUT2D eigenvalue weighted by Crippen LogP contribution is -2.41. The second-order valence-corrected chi connectivity index (χ2v) is 10.7. The fraction of sp³-hybridized carbons (Fsp3) is 0.615. The maximum absolute atomic E-state index is 14.9. The second-order valence-electron chi connectivity index (χ2n) is 10.7. The van der Waals surface area contributed by atoms with E-state index in [1.807, 2.05) is 19.9 Å². The van der Waals surface area contributed by atoms with Crippen LogP contribution in [-0.2, 0) is 27.5 Å². The summed E-state index contributed by atoms with van der Waals surface area (Å²) >= 11 is 0. The molecule has 1 aliphatic carbocycles. The Balaban J connectivity index is 1.58. The van der Waals surface area contributed by atoms with E-state index in [0.717, 1.165) is 5.69 Å². The number of alkyl carbamates (subject to hydrolysis) is 1. The zero-order valence-corrected chi connectivity index (χ0v) is 23.5. The van der Waals surface area contributed by atoms with Crippen LogP contribution in [0.15, 0.2) is 24.5 Å². The van der Waals surface area contributed by atoms with Gasteiger partial charge in [-0.3, -0.25) is 0 Å². The first-order valence-corrected chi connectivity index (χ1v) is 13.4. The lowest BCUT2D eigenvalue weighted by Gasteiger charge is -2.22. The highest BCUT2D eigenvalue weighted by atomic mass is 19.1. The van der Waals surface area contributed by atoms with Crippen molar-refractivity contribution in [2.24, 2.45) is 11.7 Å². The number of amides is 1. The molecule has 1 amide bonds. The first-order chi connectivity index (χ1) is 19.0. The van der Waals surface area contributed by atoms with Crippen molar-refractivity contribution in [1.29, 1.82) is 0 Å². The Hall–Kier alpha value is -3.33. The molecule has 0 radical (unpaired) electrons. The van der Waals surface area contributed by atoms with Crippen LogP contribution >= 0.6 is 0 Å². The number of hydrogen-bond acceptors (Lipinski definition) is 10. The van der Waals surface area contributed by atoms with Gasteiger partial charge in [0, 0.05) is 37.5 Å². The Morgan fingerprint density at radius 1 is 1.25 bits per heavy atom. The Bertz CT molecular complexity index is 1280. The zero-order chi connectivity index (χ0) is 29.0. The van der Waals surface area contributed by atoms with Gasteiger partial charge in [-0.2, -0.15) is 10.2 Å². The molecule has 5 N–H and O–H groups in total. The third kappa shape index (κ3) is 7.05. The van der Waals surface area contributed by atoms with Crippen LogP contribution in [0, 0.1) is 5.92 Å². The molecule has 0 saturated heterocycles. The largest absolute Gasteiger partial charge is 0.443 e. The number of carbonyl (C=O) groups is 1. The second kappa shape index (κ2) is 12.9. The molecule has 3 aromatic rings. The number of aliphatic hydroxyl groups excluding tert-OH is 1. The van der Waals surface area contributed by atoms with Gasteiger partial charge in [-0.1, -0.05) is 13.8 Å². The SMILES string of the molecule is COCc1cc2c(Nc3cc([C@@H]4C[C@H](F)[C@H](OC(=O)NC(C)C)C4)nn3COC(O)[C@@H](N)C(C)C)nccn2n1. The molecule has 1 saturated carbocycles. The molecule has 1 fully saturated rings. The maximum Gasteiger partial charge on any atom is 0.407 e. The van der Waals surface area contributed by atoms with E-state index in [-0.39, 0.29) is 37.5 Å². The number of carbonyl (C=O) groups excluding carboxylic acids is 1. The number of aromatic nitrogens is 5. The van der Waals surface area contributed by atoms with Crippen molar-refractivity contribution in [2.75, 3.05) is 12.4 Å². The smallest absolute Gasteiger partial charge is 0.407 e. The molecular formula is C26H39FN8O5. The summed E-state index contributed by atoms with van der Waals surface area (Å²) in [6, 6.07) is 2.93. The van der Waals surface area contributed by atoms with Gasteiger partial charge in [-0.25, -0.2) is 23.4 Å². The molecule has 3 heterocycles. The molecule has 220 valence electrons. The van der Waals surface area contributed by atoms with Crippen molar-refractivity contribution in [3.63, 3.8) is 0 Å². The monoisotopic (exact) mass is 562 g/mol. The number of nitrogens with two attached hydrogens (primary N) is 1. The molecule has 1 unspecified atom stereocenters. The van der Waals surface area contributed by atoms with Gasteiger partial charge < -0.3 is 35.7 Å². The molecule has 0 aliphatic heterocycles. The summed E-state index contributed by atoms with van der Waals surface area (Å²) in [5.41, 5.74) is 8.07. The van der Waals surface area contributed by atoms with Gasteiger partial charge in [0.2, 0.25) is 0 Å². The van der Waals surface area contributed by atoms with Gasteiger partial charge in [0.05, 0.1) is 24.0 Å². The van der Waals surface area contributed by atoms with Crippen molar-refractivity contribution in [3.05, 3.63) is 35.9 Å². The third-order valence-corrected chi connectivity index (χ3v) is 6.76. The van der Waals surface area contributed by atoms with Crippen LogP contribution in [0.4, 0.5) is 20.8 Å². The predicted molar refractivity (Wildman–Crippen MR) is 145 cm³/mol. The number of hydrogen-bond donors (Lipinski definition) is 4. The minimum Gasteiger partial charge on any atom is -0.443 e. The van der Waals surface area contributed by atoms with Crippen molar-refractivity contribution in [3.8, 4) is 0 Å². The molecule has 0 bridgehead atoms. The number of rotatable bonds is 12. The molecule has 3 aromatic heterocycles. The number of nitrogens with one attached hydrogen (secondary N) is 2. The summed E-state index contributed by atoms with van der Waals surface area (Å²) < 4.78 is 34.3. The lowest BCUT2D eigenvalue weighted by molar-refractivity contribution is -0.146. The average molecular weight is 563 g/mol. The third-order valence-electron chi connectivity index (χ3n) is 6.76. The molecule has 1 aliphatic rings. The Kier molecular flexibility index (Phi) is 9.56. The Labute approximate surface area is 232 Å². The number of aliphatic hydroxyl groups is 1. The minimum atomic E-state index is -1.33. The van der Waals surface area contributed by atoms with Gasteiger partial charge in [-0.05, 0) is 38.7 Å². The van der Waals surface area contributed by atoms with Crippen LogP contribution in [-0.4, -0.2) is 73.3 Å². The van der Waals surface area contributed by atoms with Crippen molar-refractivity contribution in [1.82, 2.24) is 29.7 Å². The predicted octanol–water partition coefficient (Wildman–Crippen LogP) is 2.81. The molecule has 40 heavy (non-hydrogen) atoms. The average Bonchev–Trinajstić information content (AvgIpc) is 3.59. The highest BCUT2D eigenvalue weighted by Gasteiger charge is 2.39. The van der Waals surface area contributed by atoms with E-state index in [0.29, 0.717) is 29.5 Å². The van der Waals surface area contributed by atoms with E-state index < -0.39 is 30.7 Å². The highest BCUT2D eigenvalue weighted by molar-refractivity contribution is 5.72. The fourth-order valence-electron chi connectivity index (χ4n) is 4.55. The summed E-state index contributed by atoms with van der Waals surface area (Å²) in [6.45, 7) is 7.60. The van der Waals surface area contributed by atoms with E-state index >= 15 is 0 Å². The number of methoxy groups -OCH3 is 1. The van der Waals surface area contributed by atoms with Crippen LogP contribution in [0.3, 0.4) is 0 Å². The van der Waals surface area contributed by atoms with Gasteiger partial charge in [-0.15, -0.1) is 0 Å². The number of anilines is 2. The number of alkyl halides is 1. The summed E-state index contributed by atoms with van der Waals surface area (Å²) in [5.74, 6) is 0.706. The Morgan fingerprint density at radius 2 is 2.02 bits per heavy atom. The molecule has 0 spiro atoms.